The Balaban J connectivity index is 1.98. The molecule has 1 aromatic carbocycles. The Morgan fingerprint density at radius 3 is 3.00 bits per heavy atom. The number of hydrogen-bond donors (Lipinski definition) is 1. The highest BCUT2D eigenvalue weighted by atomic mass is 32.2. The van der Waals surface area contributed by atoms with E-state index in [1.807, 2.05) is 30.7 Å². The predicted molar refractivity (Wildman–Crippen MR) is 110 cm³/mol. The van der Waals surface area contributed by atoms with Gasteiger partial charge in [0.25, 0.3) is 0 Å². The number of ether oxygens (including phenoxy) is 1. The summed E-state index contributed by atoms with van der Waals surface area (Å²) in [5.41, 5.74) is 3.20. The highest BCUT2D eigenvalue weighted by molar-refractivity contribution is 7.96. The molecule has 0 aliphatic rings. The predicted octanol–water partition coefficient (Wildman–Crippen LogP) is 3.99. The van der Waals surface area contributed by atoms with Gasteiger partial charge in [-0.15, -0.1) is 11.3 Å². The lowest BCUT2D eigenvalue weighted by atomic mass is 10.1. The van der Waals surface area contributed by atoms with Gasteiger partial charge in [0.15, 0.2) is 0 Å². The van der Waals surface area contributed by atoms with Gasteiger partial charge in [0.2, 0.25) is 0 Å². The standard InChI is InChI=1S/C19H20N4O2S2/c1-4-25-19(24)17-12(2)22-18(27-17)13-5-6-16-15(9-13)14(10-20)11-23(16)8-7-21-26-3/h5-6,9,11,21H,4,7-8H2,1-3H3. The Labute approximate surface area is 166 Å². The monoisotopic (exact) mass is 400 g/mol. The van der Waals surface area contributed by atoms with Crippen molar-refractivity contribution in [3.63, 3.8) is 0 Å². The van der Waals surface area contributed by atoms with E-state index in [2.05, 4.69) is 20.3 Å². The molecular weight excluding hydrogens is 380 g/mol. The third-order valence-corrected chi connectivity index (χ3v) is 5.78. The van der Waals surface area contributed by atoms with Gasteiger partial charge in [0.05, 0.1) is 17.9 Å². The van der Waals surface area contributed by atoms with Crippen molar-refractivity contribution in [1.82, 2.24) is 14.3 Å². The van der Waals surface area contributed by atoms with Gasteiger partial charge in [-0.25, -0.2) is 9.78 Å². The zero-order valence-electron chi connectivity index (χ0n) is 15.4. The van der Waals surface area contributed by atoms with Crippen LogP contribution in [0, 0.1) is 18.3 Å². The average Bonchev–Trinajstić information content (AvgIpc) is 3.22. The third-order valence-electron chi connectivity index (χ3n) is 4.11. The normalized spacial score (nSPS) is 10.9. The van der Waals surface area contributed by atoms with E-state index in [1.54, 1.807) is 25.8 Å². The van der Waals surface area contributed by atoms with Crippen LogP contribution in [0.25, 0.3) is 21.5 Å². The number of rotatable bonds is 7. The number of benzene rings is 1. The van der Waals surface area contributed by atoms with Gasteiger partial charge in [0.1, 0.15) is 16.0 Å². The van der Waals surface area contributed by atoms with Crippen LogP contribution in [0.2, 0.25) is 0 Å². The smallest absolute Gasteiger partial charge is 0.350 e. The van der Waals surface area contributed by atoms with Crippen LogP contribution >= 0.6 is 23.3 Å². The minimum atomic E-state index is -0.343. The van der Waals surface area contributed by atoms with Crippen LogP contribution in [-0.4, -0.2) is 34.9 Å². The second-order valence-corrected chi connectivity index (χ2v) is 7.53. The minimum absolute atomic E-state index is 0.335. The number of hydrogen-bond acceptors (Lipinski definition) is 7. The second kappa shape index (κ2) is 8.57. The highest BCUT2D eigenvalue weighted by Crippen LogP contribution is 2.32. The number of nitrogens with zero attached hydrogens (tertiary/aromatic N) is 3. The van der Waals surface area contributed by atoms with E-state index in [9.17, 15) is 10.1 Å². The third kappa shape index (κ3) is 4.00. The molecule has 3 rings (SSSR count). The number of aryl methyl sites for hydroxylation is 1. The Morgan fingerprint density at radius 1 is 1.48 bits per heavy atom. The van der Waals surface area contributed by atoms with Crippen LogP contribution in [-0.2, 0) is 11.3 Å². The maximum absolute atomic E-state index is 12.0. The molecule has 0 amide bonds. The Bertz CT molecular complexity index is 1020. The summed E-state index contributed by atoms with van der Waals surface area (Å²) < 4.78 is 10.4. The summed E-state index contributed by atoms with van der Waals surface area (Å²) in [7, 11) is 0. The zero-order valence-corrected chi connectivity index (χ0v) is 17.0. The molecule has 6 nitrogen and oxygen atoms in total. The van der Waals surface area contributed by atoms with Gasteiger partial charge in [-0.05, 0) is 38.3 Å². The SMILES string of the molecule is CCOC(=O)c1sc(-c2ccc3c(c2)c(C#N)cn3CCNSC)nc1C. The summed E-state index contributed by atoms with van der Waals surface area (Å²) >= 11 is 2.89. The van der Waals surface area contributed by atoms with Gasteiger partial charge in [0, 0.05) is 35.8 Å². The van der Waals surface area contributed by atoms with Crippen molar-refractivity contribution >= 4 is 40.2 Å². The molecule has 2 aromatic heterocycles. The quantitative estimate of drug-likeness (QED) is 0.367. The first-order valence-corrected chi connectivity index (χ1v) is 10.6. The maximum Gasteiger partial charge on any atom is 0.350 e. The number of thiazole rings is 1. The first-order chi connectivity index (χ1) is 13.1. The van der Waals surface area contributed by atoms with Crippen molar-refractivity contribution < 1.29 is 9.53 Å². The van der Waals surface area contributed by atoms with Crippen molar-refractivity contribution in [2.45, 2.75) is 20.4 Å². The van der Waals surface area contributed by atoms with Crippen LogP contribution in [0.5, 0.6) is 0 Å². The Kier molecular flexibility index (Phi) is 6.16. The fourth-order valence-corrected chi connectivity index (χ4v) is 4.13. The summed E-state index contributed by atoms with van der Waals surface area (Å²) in [6.45, 7) is 5.52. The molecule has 0 atom stereocenters. The number of esters is 1. The van der Waals surface area contributed by atoms with E-state index in [-0.39, 0.29) is 5.97 Å². The van der Waals surface area contributed by atoms with Crippen LogP contribution < -0.4 is 4.72 Å². The summed E-state index contributed by atoms with van der Waals surface area (Å²) in [5.74, 6) is -0.343. The van der Waals surface area contributed by atoms with Crippen molar-refractivity contribution in [3.8, 4) is 16.6 Å². The first kappa shape index (κ1) is 19.4. The molecule has 0 radical (unpaired) electrons. The second-order valence-electron chi connectivity index (χ2n) is 5.83. The lowest BCUT2D eigenvalue weighted by Gasteiger charge is -2.05. The minimum Gasteiger partial charge on any atom is -0.462 e. The van der Waals surface area contributed by atoms with Gasteiger partial charge in [-0.3, -0.25) is 4.72 Å². The molecule has 1 N–H and O–H groups in total. The number of nitriles is 1. The molecule has 0 spiro atoms. The van der Waals surface area contributed by atoms with E-state index in [1.165, 1.54) is 11.3 Å². The van der Waals surface area contributed by atoms with Crippen LogP contribution in [0.3, 0.4) is 0 Å². The summed E-state index contributed by atoms with van der Waals surface area (Å²) in [6.07, 6.45) is 3.87. The van der Waals surface area contributed by atoms with Gasteiger partial charge in [-0.2, -0.15) is 5.26 Å². The molecule has 0 aliphatic carbocycles. The van der Waals surface area contributed by atoms with Crippen LogP contribution in [0.4, 0.5) is 0 Å². The molecule has 0 saturated heterocycles. The van der Waals surface area contributed by atoms with Crippen molar-refractivity contribution in [3.05, 3.63) is 40.5 Å². The van der Waals surface area contributed by atoms with E-state index in [0.29, 0.717) is 22.7 Å². The number of fused-ring (bicyclic) bond motifs is 1. The van der Waals surface area contributed by atoms with Crippen molar-refractivity contribution in [1.29, 1.82) is 5.26 Å². The molecule has 0 unspecified atom stereocenters. The fraction of sp³-hybridized carbons (Fsp3) is 0.316. The largest absolute Gasteiger partial charge is 0.462 e. The number of carbonyl (C=O) groups excluding carboxylic acids is 1. The molecular formula is C19H20N4O2S2. The number of aromatic nitrogens is 2. The van der Waals surface area contributed by atoms with Crippen molar-refractivity contribution in [2.75, 3.05) is 19.4 Å². The zero-order chi connectivity index (χ0) is 19.4. The summed E-state index contributed by atoms with van der Waals surface area (Å²) in [5, 5.41) is 11.1. The van der Waals surface area contributed by atoms with Gasteiger partial charge in [-0.1, -0.05) is 11.9 Å². The maximum atomic E-state index is 12.0. The van der Waals surface area contributed by atoms with Crippen LogP contribution in [0.15, 0.2) is 24.4 Å². The molecule has 0 aliphatic heterocycles. The molecule has 2 heterocycles. The molecule has 0 bridgehead atoms. The lowest BCUT2D eigenvalue weighted by molar-refractivity contribution is 0.0531. The van der Waals surface area contributed by atoms with Gasteiger partial charge >= 0.3 is 5.97 Å². The van der Waals surface area contributed by atoms with Crippen molar-refractivity contribution in [2.24, 2.45) is 0 Å². The van der Waals surface area contributed by atoms with E-state index < -0.39 is 0 Å². The summed E-state index contributed by atoms with van der Waals surface area (Å²) in [6, 6.07) is 8.23. The van der Waals surface area contributed by atoms with E-state index in [0.717, 1.165) is 34.6 Å². The molecule has 0 saturated carbocycles. The lowest BCUT2D eigenvalue weighted by Crippen LogP contribution is -2.11. The highest BCUT2D eigenvalue weighted by Gasteiger charge is 2.18. The molecule has 3 aromatic rings. The number of nitrogens with one attached hydrogen (secondary N) is 1. The first-order valence-electron chi connectivity index (χ1n) is 8.52. The topological polar surface area (TPSA) is 79.9 Å². The Morgan fingerprint density at radius 2 is 2.30 bits per heavy atom. The van der Waals surface area contributed by atoms with Crippen LogP contribution in [0.1, 0.15) is 27.9 Å². The van der Waals surface area contributed by atoms with E-state index in [4.69, 9.17) is 4.74 Å². The van der Waals surface area contributed by atoms with Gasteiger partial charge < -0.3 is 9.30 Å². The Hall–Kier alpha value is -2.34. The average molecular weight is 401 g/mol. The fourth-order valence-electron chi connectivity index (χ4n) is 2.88. The molecule has 140 valence electrons. The molecule has 0 fully saturated rings. The molecule has 27 heavy (non-hydrogen) atoms. The van der Waals surface area contributed by atoms with E-state index >= 15 is 0 Å². The number of carbonyl (C=O) groups is 1. The summed E-state index contributed by atoms with van der Waals surface area (Å²) in [4.78, 5) is 17.1. The molecule has 8 heteroatoms.